The third kappa shape index (κ3) is 3.36. The predicted octanol–water partition coefficient (Wildman–Crippen LogP) is 0.374. The summed E-state index contributed by atoms with van der Waals surface area (Å²) in [5.41, 5.74) is 0. The van der Waals surface area contributed by atoms with Crippen molar-refractivity contribution in [2.75, 3.05) is 32.8 Å². The molecular formula is C11H14F3N3O2. The number of ether oxygens (including phenoxy) is 1. The highest BCUT2D eigenvalue weighted by atomic mass is 19.4. The van der Waals surface area contributed by atoms with Crippen molar-refractivity contribution in [3.05, 3.63) is 0 Å². The Kier molecular flexibility index (Phi) is 3.96. The van der Waals surface area contributed by atoms with E-state index in [4.69, 9.17) is 10.00 Å². The van der Waals surface area contributed by atoms with Gasteiger partial charge in [0.05, 0.1) is 18.7 Å². The lowest BCUT2D eigenvalue weighted by molar-refractivity contribution is -0.159. The first-order chi connectivity index (χ1) is 8.90. The van der Waals surface area contributed by atoms with Gasteiger partial charge in [-0.05, 0) is 6.42 Å². The smallest absolute Gasteiger partial charge is 0.361 e. The van der Waals surface area contributed by atoms with Crippen LogP contribution in [0.25, 0.3) is 0 Å². The van der Waals surface area contributed by atoms with Crippen molar-refractivity contribution < 1.29 is 22.7 Å². The van der Waals surface area contributed by atoms with Crippen LogP contribution in [-0.4, -0.2) is 66.8 Å². The fraction of sp³-hybridized carbons (Fsp3) is 0.818. The van der Waals surface area contributed by atoms with E-state index in [0.717, 1.165) is 4.90 Å². The first kappa shape index (κ1) is 14.1. The van der Waals surface area contributed by atoms with Gasteiger partial charge in [0.2, 0.25) is 5.91 Å². The second-order valence-electron chi connectivity index (χ2n) is 4.66. The Labute approximate surface area is 108 Å². The number of rotatable bonds is 2. The van der Waals surface area contributed by atoms with Gasteiger partial charge >= 0.3 is 6.18 Å². The molecule has 0 aromatic rings. The number of morpholine rings is 1. The molecule has 2 aliphatic rings. The number of likely N-dealkylation sites (tertiary alicyclic amines) is 1. The van der Waals surface area contributed by atoms with E-state index in [1.54, 1.807) is 4.90 Å². The Morgan fingerprint density at radius 3 is 2.79 bits per heavy atom. The zero-order valence-corrected chi connectivity index (χ0v) is 10.2. The second kappa shape index (κ2) is 5.35. The zero-order chi connectivity index (χ0) is 14.0. The van der Waals surface area contributed by atoms with E-state index < -0.39 is 30.8 Å². The van der Waals surface area contributed by atoms with Crippen molar-refractivity contribution >= 4 is 5.91 Å². The monoisotopic (exact) mass is 277 g/mol. The van der Waals surface area contributed by atoms with Crippen molar-refractivity contribution in [3.8, 4) is 6.07 Å². The number of hydrogen-bond acceptors (Lipinski definition) is 4. The third-order valence-electron chi connectivity index (χ3n) is 3.32. The molecule has 2 unspecified atom stereocenters. The molecule has 8 heteroatoms. The summed E-state index contributed by atoms with van der Waals surface area (Å²) >= 11 is 0. The van der Waals surface area contributed by atoms with Crippen LogP contribution in [-0.2, 0) is 9.53 Å². The summed E-state index contributed by atoms with van der Waals surface area (Å²) in [5.74, 6) is -0.504. The highest BCUT2D eigenvalue weighted by Gasteiger charge is 2.42. The summed E-state index contributed by atoms with van der Waals surface area (Å²) in [6.45, 7) is -0.0333. The molecule has 2 heterocycles. The Morgan fingerprint density at radius 1 is 1.42 bits per heavy atom. The molecule has 0 aromatic heterocycles. The number of nitriles is 1. The van der Waals surface area contributed by atoms with Crippen LogP contribution in [0, 0.1) is 11.3 Å². The van der Waals surface area contributed by atoms with Crippen molar-refractivity contribution in [2.24, 2.45) is 0 Å². The number of halogens is 3. The number of hydrogen-bond donors (Lipinski definition) is 0. The average Bonchev–Trinajstić information content (AvgIpc) is 2.69. The summed E-state index contributed by atoms with van der Waals surface area (Å²) in [7, 11) is 0. The quantitative estimate of drug-likeness (QED) is 0.732. The molecule has 106 valence electrons. The predicted molar refractivity (Wildman–Crippen MR) is 58.0 cm³/mol. The molecule has 0 bridgehead atoms. The highest BCUT2D eigenvalue weighted by Crippen LogP contribution is 2.24. The largest absolute Gasteiger partial charge is 0.406 e. The van der Waals surface area contributed by atoms with Crippen LogP contribution in [0.4, 0.5) is 13.2 Å². The molecule has 2 atom stereocenters. The van der Waals surface area contributed by atoms with Crippen LogP contribution in [0.3, 0.4) is 0 Å². The van der Waals surface area contributed by atoms with Gasteiger partial charge in [-0.15, -0.1) is 0 Å². The maximum Gasteiger partial charge on any atom is 0.406 e. The van der Waals surface area contributed by atoms with E-state index in [1.165, 1.54) is 0 Å². The summed E-state index contributed by atoms with van der Waals surface area (Å²) in [6, 6.07) is 1.40. The maximum atomic E-state index is 12.3. The molecule has 2 saturated heterocycles. The fourth-order valence-electron chi connectivity index (χ4n) is 2.47. The van der Waals surface area contributed by atoms with Gasteiger partial charge < -0.3 is 9.64 Å². The van der Waals surface area contributed by atoms with Gasteiger partial charge in [-0.2, -0.15) is 18.4 Å². The molecule has 0 aromatic carbocycles. The Hall–Kier alpha value is -1.33. The molecule has 2 fully saturated rings. The molecule has 0 saturated carbocycles. The lowest BCUT2D eigenvalue weighted by Crippen LogP contribution is -2.50. The lowest BCUT2D eigenvalue weighted by Gasteiger charge is -2.33. The summed E-state index contributed by atoms with van der Waals surface area (Å²) < 4.78 is 42.0. The standard InChI is InChI=1S/C11H14F3N3O2/c12-11(13,14)7-17-2-1-9(10(17)18)16-3-4-19-8(5-15)6-16/h8-9H,1-4,6-7H2. The fourth-order valence-corrected chi connectivity index (χ4v) is 2.47. The van der Waals surface area contributed by atoms with Crippen molar-refractivity contribution in [3.63, 3.8) is 0 Å². The Balaban J connectivity index is 1.96. The molecule has 1 amide bonds. The molecule has 2 rings (SSSR count). The topological polar surface area (TPSA) is 56.6 Å². The van der Waals surface area contributed by atoms with Crippen LogP contribution in [0.15, 0.2) is 0 Å². The van der Waals surface area contributed by atoms with Gasteiger partial charge in [-0.1, -0.05) is 0 Å². The van der Waals surface area contributed by atoms with Gasteiger partial charge in [-0.3, -0.25) is 9.69 Å². The van der Waals surface area contributed by atoms with E-state index in [-0.39, 0.29) is 13.1 Å². The molecule has 2 aliphatic heterocycles. The number of nitrogens with zero attached hydrogens (tertiary/aromatic N) is 3. The van der Waals surface area contributed by atoms with Gasteiger partial charge in [-0.25, -0.2) is 0 Å². The number of carbonyl (C=O) groups excluding carboxylic acids is 1. The summed E-state index contributed by atoms with van der Waals surface area (Å²) in [6.07, 6.45) is -4.61. The molecule has 0 aliphatic carbocycles. The van der Waals surface area contributed by atoms with Crippen LogP contribution < -0.4 is 0 Å². The maximum absolute atomic E-state index is 12.3. The van der Waals surface area contributed by atoms with Crippen LogP contribution in [0.5, 0.6) is 0 Å². The molecular weight excluding hydrogens is 263 g/mol. The average molecular weight is 277 g/mol. The SMILES string of the molecule is N#CC1CN(C2CCN(CC(F)(F)F)C2=O)CCO1. The van der Waals surface area contributed by atoms with Crippen LogP contribution in [0.2, 0.25) is 0 Å². The highest BCUT2D eigenvalue weighted by molar-refractivity contribution is 5.84. The first-order valence-corrected chi connectivity index (χ1v) is 6.01. The second-order valence-corrected chi connectivity index (χ2v) is 4.66. The normalized spacial score (nSPS) is 29.6. The Bertz CT molecular complexity index is 394. The van der Waals surface area contributed by atoms with Crippen molar-refractivity contribution in [1.29, 1.82) is 5.26 Å². The van der Waals surface area contributed by atoms with E-state index in [9.17, 15) is 18.0 Å². The van der Waals surface area contributed by atoms with Gasteiger partial charge in [0.15, 0.2) is 6.10 Å². The van der Waals surface area contributed by atoms with Crippen molar-refractivity contribution in [2.45, 2.75) is 24.7 Å². The number of amides is 1. The molecule has 19 heavy (non-hydrogen) atoms. The van der Waals surface area contributed by atoms with Gasteiger partial charge in [0.1, 0.15) is 6.54 Å². The van der Waals surface area contributed by atoms with E-state index in [2.05, 4.69) is 0 Å². The first-order valence-electron chi connectivity index (χ1n) is 6.01. The minimum absolute atomic E-state index is 0.109. The summed E-state index contributed by atoms with van der Waals surface area (Å²) in [4.78, 5) is 14.5. The van der Waals surface area contributed by atoms with Gasteiger partial charge in [0.25, 0.3) is 0 Å². The van der Waals surface area contributed by atoms with Crippen LogP contribution in [0.1, 0.15) is 6.42 Å². The minimum Gasteiger partial charge on any atom is -0.361 e. The van der Waals surface area contributed by atoms with Gasteiger partial charge in [0, 0.05) is 19.6 Å². The number of carbonyl (C=O) groups is 1. The lowest BCUT2D eigenvalue weighted by atomic mass is 10.1. The minimum atomic E-state index is -4.37. The van der Waals surface area contributed by atoms with E-state index in [0.29, 0.717) is 19.6 Å². The van der Waals surface area contributed by atoms with E-state index in [1.807, 2.05) is 6.07 Å². The molecule has 0 N–H and O–H groups in total. The molecule has 5 nitrogen and oxygen atoms in total. The summed E-state index contributed by atoms with van der Waals surface area (Å²) in [5, 5.41) is 8.78. The van der Waals surface area contributed by atoms with Crippen molar-refractivity contribution in [1.82, 2.24) is 9.80 Å². The van der Waals surface area contributed by atoms with E-state index >= 15 is 0 Å². The molecule has 0 spiro atoms. The zero-order valence-electron chi connectivity index (χ0n) is 10.2. The number of alkyl halides is 3. The third-order valence-corrected chi connectivity index (χ3v) is 3.32. The van der Waals surface area contributed by atoms with Crippen LogP contribution >= 0.6 is 0 Å². The Morgan fingerprint density at radius 2 is 2.16 bits per heavy atom. The molecule has 0 radical (unpaired) electrons.